The molecule has 0 spiro atoms. The van der Waals surface area contributed by atoms with E-state index in [1.54, 1.807) is 72.8 Å². The van der Waals surface area contributed by atoms with Crippen LogP contribution < -0.4 is 33.2 Å². The Morgan fingerprint density at radius 2 is 0.636 bits per heavy atom. The minimum absolute atomic E-state index is 0.0516. The van der Waals surface area contributed by atoms with Crippen LogP contribution >= 0.6 is 0 Å². The van der Waals surface area contributed by atoms with Gasteiger partial charge in [-0.25, -0.2) is 33.6 Å². The summed E-state index contributed by atoms with van der Waals surface area (Å²) in [4.78, 5) is 86.6. The van der Waals surface area contributed by atoms with Gasteiger partial charge in [0.2, 0.25) is 0 Å². The van der Waals surface area contributed by atoms with Crippen molar-refractivity contribution in [3.8, 4) is 40.2 Å². The number of benzene rings is 5. The molecule has 0 radical (unpaired) electrons. The summed E-state index contributed by atoms with van der Waals surface area (Å²) in [5.41, 5.74) is 0.407. The van der Waals surface area contributed by atoms with Crippen LogP contribution in [0.15, 0.2) is 153 Å². The van der Waals surface area contributed by atoms with Crippen molar-refractivity contribution in [3.63, 3.8) is 0 Å². The molecule has 0 fully saturated rings. The first-order valence-electron chi connectivity index (χ1n) is 24.7. The normalized spacial score (nSPS) is 10.4. The van der Waals surface area contributed by atoms with Crippen LogP contribution in [0.4, 0.5) is 0 Å². The summed E-state index contributed by atoms with van der Waals surface area (Å²) in [6, 6.07) is 29.0. The lowest BCUT2D eigenvalue weighted by Crippen LogP contribution is -2.16. The van der Waals surface area contributed by atoms with Crippen molar-refractivity contribution in [1.82, 2.24) is 0 Å². The first-order valence-corrected chi connectivity index (χ1v) is 24.7. The number of hydrogen-bond donors (Lipinski definition) is 0. The van der Waals surface area contributed by atoms with Gasteiger partial charge in [-0.15, -0.1) is 0 Å². The maximum atomic E-state index is 13.6. The van der Waals surface area contributed by atoms with Gasteiger partial charge in [0.15, 0.2) is 0 Å². The smallest absolute Gasteiger partial charge is 0.343 e. The van der Waals surface area contributed by atoms with Crippen LogP contribution in [-0.2, 0) is 33.3 Å². The van der Waals surface area contributed by atoms with E-state index in [1.165, 1.54) is 42.5 Å². The van der Waals surface area contributed by atoms with E-state index in [0.717, 1.165) is 43.9 Å². The predicted molar refractivity (Wildman–Crippen MR) is 280 cm³/mol. The lowest BCUT2D eigenvalue weighted by atomic mass is 10.1. The third-order valence-electron chi connectivity index (χ3n) is 10.6. The molecule has 404 valence electrons. The molecule has 0 atom stereocenters. The fourth-order valence-electron chi connectivity index (χ4n) is 6.58. The van der Waals surface area contributed by atoms with E-state index in [4.69, 9.17) is 52.1 Å². The average molecular weight is 1060 g/mol. The van der Waals surface area contributed by atoms with Gasteiger partial charge in [-0.1, -0.05) is 19.7 Å². The lowest BCUT2D eigenvalue weighted by molar-refractivity contribution is -0.138. The Labute approximate surface area is 446 Å². The largest absolute Gasteiger partial charge is 0.494 e. The highest BCUT2D eigenvalue weighted by molar-refractivity contribution is 5.97. The molecule has 0 aliphatic heterocycles. The second kappa shape index (κ2) is 32.9. The molecule has 0 heterocycles. The molecule has 0 N–H and O–H groups in total. The molecule has 0 bridgehead atoms. The Kier molecular flexibility index (Phi) is 25.1. The Hall–Kier alpha value is -9.19. The molecule has 0 saturated heterocycles. The van der Waals surface area contributed by atoms with Gasteiger partial charge in [-0.2, -0.15) is 0 Å². The summed E-state index contributed by atoms with van der Waals surface area (Å²) < 4.78 is 60.1. The first-order chi connectivity index (χ1) is 37.4. The second-order valence-electron chi connectivity index (χ2n) is 16.3. The Morgan fingerprint density at radius 3 is 1.06 bits per heavy atom. The van der Waals surface area contributed by atoms with Gasteiger partial charge in [0.05, 0.1) is 56.3 Å². The summed E-state index contributed by atoms with van der Waals surface area (Å²) in [5, 5.41) is 0. The van der Waals surface area contributed by atoms with E-state index < -0.39 is 41.8 Å². The van der Waals surface area contributed by atoms with Gasteiger partial charge in [0.1, 0.15) is 59.0 Å². The summed E-state index contributed by atoms with van der Waals surface area (Å²) in [6.07, 6.45) is 9.09. The fourth-order valence-corrected chi connectivity index (χ4v) is 6.58. The number of ether oxygens (including phenoxy) is 11. The van der Waals surface area contributed by atoms with Crippen LogP contribution in [0.3, 0.4) is 0 Å². The molecule has 0 saturated carbocycles. The highest BCUT2D eigenvalue weighted by atomic mass is 16.6. The third-order valence-corrected chi connectivity index (χ3v) is 10.6. The van der Waals surface area contributed by atoms with Crippen LogP contribution in [-0.4, -0.2) is 94.6 Å². The van der Waals surface area contributed by atoms with Gasteiger partial charge < -0.3 is 52.1 Å². The summed E-state index contributed by atoms with van der Waals surface area (Å²) in [6.45, 7) is 11.7. The molecule has 0 unspecified atom stereocenters. The number of carbonyl (C=O) groups is 7. The van der Waals surface area contributed by atoms with Gasteiger partial charge in [-0.3, -0.25) is 0 Å². The molecule has 77 heavy (non-hydrogen) atoms. The minimum atomic E-state index is -0.919. The number of unbranched alkanes of at least 4 members (excludes halogenated alkanes) is 5. The minimum Gasteiger partial charge on any atom is -0.494 e. The van der Waals surface area contributed by atoms with Crippen LogP contribution in [0.2, 0.25) is 0 Å². The van der Waals surface area contributed by atoms with Gasteiger partial charge in [-0.05, 0) is 167 Å². The molecule has 18 heteroatoms. The molecule has 5 rings (SSSR count). The third kappa shape index (κ3) is 21.7. The quantitative estimate of drug-likeness (QED) is 0.0123. The zero-order chi connectivity index (χ0) is 55.0. The van der Waals surface area contributed by atoms with Crippen molar-refractivity contribution in [2.45, 2.75) is 51.4 Å². The summed E-state index contributed by atoms with van der Waals surface area (Å²) >= 11 is 0. The standard InChI is InChI=1S/C59H60O18/c1-4-53(60)71-36-10-8-7-9-33-67-45-21-15-42(16-22-45)56(63)75-49-29-27-48(28-30-49)70-39-40-74-59(66)51-41-50(76-57(64)43-17-23-46(24-18-43)68-34-11-13-37-72-54(61)5-2)31-32-52(51)77-58(65)44-19-25-47(26-20-44)69-35-12-14-38-73-55(62)6-3/h4-6,15-32,41H,1-3,7-14,33-40H2. The van der Waals surface area contributed by atoms with Gasteiger partial charge in [0.25, 0.3) is 0 Å². The Balaban J connectivity index is 1.12. The van der Waals surface area contributed by atoms with Crippen molar-refractivity contribution in [2.75, 3.05) is 52.9 Å². The van der Waals surface area contributed by atoms with E-state index >= 15 is 0 Å². The highest BCUT2D eigenvalue weighted by Gasteiger charge is 2.21. The van der Waals surface area contributed by atoms with Crippen LogP contribution in [0, 0.1) is 0 Å². The van der Waals surface area contributed by atoms with E-state index in [1.807, 2.05) is 0 Å². The zero-order valence-electron chi connectivity index (χ0n) is 42.5. The van der Waals surface area contributed by atoms with Crippen molar-refractivity contribution in [1.29, 1.82) is 0 Å². The summed E-state index contributed by atoms with van der Waals surface area (Å²) in [5.74, 6) is -2.47. The fraction of sp³-hybridized carbons (Fsp3) is 0.271. The molecule has 0 aliphatic rings. The molecule has 0 aliphatic carbocycles. The van der Waals surface area contributed by atoms with Crippen molar-refractivity contribution in [2.24, 2.45) is 0 Å². The zero-order valence-corrected chi connectivity index (χ0v) is 42.5. The molecule has 0 amide bonds. The second-order valence-corrected chi connectivity index (χ2v) is 16.3. The molecular formula is C59H60O18. The van der Waals surface area contributed by atoms with E-state index in [-0.39, 0.29) is 60.4 Å². The SMILES string of the molecule is C=CC(=O)OCCCCCCOc1ccc(C(=O)Oc2ccc(OCCOC(=O)c3cc(OC(=O)c4ccc(OCCCCOC(=O)C=C)cc4)ccc3OC(=O)c3ccc(OCCCCOC(=O)C=C)cc3)cc2)cc1. The molecule has 18 nitrogen and oxygen atoms in total. The molecule has 5 aromatic rings. The van der Waals surface area contributed by atoms with Crippen molar-refractivity contribution < 1.29 is 85.7 Å². The van der Waals surface area contributed by atoms with Crippen LogP contribution in [0.25, 0.3) is 0 Å². The Bertz CT molecular complexity index is 2750. The topological polar surface area (TPSA) is 221 Å². The predicted octanol–water partition coefficient (Wildman–Crippen LogP) is 10.0. The van der Waals surface area contributed by atoms with Gasteiger partial charge >= 0.3 is 41.8 Å². The highest BCUT2D eigenvalue weighted by Crippen LogP contribution is 2.28. The number of hydrogen-bond acceptors (Lipinski definition) is 18. The molecular weight excluding hydrogens is 997 g/mol. The number of rotatable bonds is 34. The molecule has 0 aromatic heterocycles. The maximum absolute atomic E-state index is 13.6. The van der Waals surface area contributed by atoms with E-state index in [2.05, 4.69) is 19.7 Å². The van der Waals surface area contributed by atoms with E-state index in [9.17, 15) is 33.6 Å². The van der Waals surface area contributed by atoms with Crippen LogP contribution in [0.1, 0.15) is 92.8 Å². The van der Waals surface area contributed by atoms with Crippen LogP contribution in [0.5, 0.6) is 40.2 Å². The monoisotopic (exact) mass is 1060 g/mol. The average Bonchev–Trinajstić information content (AvgIpc) is 3.45. The lowest BCUT2D eigenvalue weighted by Gasteiger charge is -2.13. The maximum Gasteiger partial charge on any atom is 0.343 e. The first kappa shape index (κ1) is 58.7. The van der Waals surface area contributed by atoms with Crippen molar-refractivity contribution in [3.05, 3.63) is 175 Å². The number of carbonyl (C=O) groups excluding carboxylic acids is 7. The Morgan fingerprint density at radius 1 is 0.312 bits per heavy atom. The van der Waals surface area contributed by atoms with Crippen molar-refractivity contribution >= 4 is 41.8 Å². The summed E-state index contributed by atoms with van der Waals surface area (Å²) in [7, 11) is 0. The van der Waals surface area contributed by atoms with Gasteiger partial charge in [0, 0.05) is 18.2 Å². The number of esters is 7. The molecule has 5 aromatic carbocycles. The van der Waals surface area contributed by atoms with E-state index in [0.29, 0.717) is 80.7 Å².